The molecule has 3 fully saturated rings. The van der Waals surface area contributed by atoms with Crippen LogP contribution in [0.25, 0.3) is 0 Å². The molecule has 3 aliphatic carbocycles. The van der Waals surface area contributed by atoms with Gasteiger partial charge < -0.3 is 14.9 Å². The summed E-state index contributed by atoms with van der Waals surface area (Å²) in [6, 6.07) is 0. The van der Waals surface area contributed by atoms with Crippen molar-refractivity contribution in [1.29, 1.82) is 0 Å². The second-order valence-electron chi connectivity index (χ2n) is 9.09. The zero-order valence-corrected chi connectivity index (χ0v) is 20.7. The topological polar surface area (TPSA) is 0 Å². The fourth-order valence-electron chi connectivity index (χ4n) is 5.65. The second-order valence-corrected chi connectivity index (χ2v) is 12.8. The number of hydrogen-bond acceptors (Lipinski definition) is 0. The third-order valence-electron chi connectivity index (χ3n) is 6.88. The molecule has 0 aliphatic heterocycles. The summed E-state index contributed by atoms with van der Waals surface area (Å²) in [7, 11) is 9.87. The predicted octanol–water partition coefficient (Wildman–Crippen LogP) is 8.33. The van der Waals surface area contributed by atoms with E-state index in [1.54, 1.807) is 32.1 Å². The first-order valence-corrected chi connectivity index (χ1v) is 15.7. The Labute approximate surface area is 171 Å². The maximum atomic E-state index is 4.93. The van der Waals surface area contributed by atoms with Crippen molar-refractivity contribution >= 4 is 17.0 Å². The average molecular weight is 455 g/mol. The number of rotatable bonds is 2. The first kappa shape index (κ1) is 25.5. The SMILES string of the molecule is CC(C)(C)C1CCC(CC2CCC3CCCCC32)C1.[CH3-].[CH3-].[Cl][Zr+2][Cl]. The Bertz CT molecular complexity index is 326. The Morgan fingerprint density at radius 3 is 2.08 bits per heavy atom. The molecule has 0 heterocycles. The summed E-state index contributed by atoms with van der Waals surface area (Å²) in [5.41, 5.74) is 0.553. The molecule has 0 aromatic heterocycles. The van der Waals surface area contributed by atoms with Crippen LogP contribution < -0.4 is 0 Å². The van der Waals surface area contributed by atoms with Crippen molar-refractivity contribution in [2.24, 2.45) is 35.0 Å². The van der Waals surface area contributed by atoms with Gasteiger partial charge in [-0.05, 0) is 73.5 Å². The summed E-state index contributed by atoms with van der Waals surface area (Å²) in [6.07, 6.45) is 15.5. The molecule has 0 radical (unpaired) electrons. The van der Waals surface area contributed by atoms with Crippen LogP contribution in [0, 0.1) is 49.9 Å². The van der Waals surface area contributed by atoms with Gasteiger partial charge >= 0.3 is 37.9 Å². The maximum absolute atomic E-state index is 4.93. The molecule has 5 unspecified atom stereocenters. The molecule has 0 saturated heterocycles. The summed E-state index contributed by atoms with van der Waals surface area (Å²) < 4.78 is 0. The van der Waals surface area contributed by atoms with Gasteiger partial charge in [0, 0.05) is 0 Å². The Morgan fingerprint density at radius 1 is 0.875 bits per heavy atom. The molecule has 3 saturated carbocycles. The van der Waals surface area contributed by atoms with Crippen LogP contribution in [0.2, 0.25) is 0 Å². The molecule has 142 valence electrons. The Kier molecular flexibility index (Phi) is 12.8. The third kappa shape index (κ3) is 7.23. The molecule has 0 aromatic rings. The first-order chi connectivity index (χ1) is 10.5. The molecule has 0 nitrogen and oxygen atoms in total. The van der Waals surface area contributed by atoms with E-state index in [1.165, 1.54) is 32.1 Å². The van der Waals surface area contributed by atoms with Gasteiger partial charge in [0.25, 0.3) is 0 Å². The number of hydrogen-bond donors (Lipinski definition) is 0. The zero-order valence-electron chi connectivity index (χ0n) is 16.7. The van der Waals surface area contributed by atoms with Gasteiger partial charge in [-0.3, -0.25) is 0 Å². The van der Waals surface area contributed by atoms with Crippen LogP contribution in [-0.2, 0) is 20.8 Å². The zero-order chi connectivity index (χ0) is 16.2. The van der Waals surface area contributed by atoms with Crippen molar-refractivity contribution < 1.29 is 20.8 Å². The molecule has 0 bridgehead atoms. The molecule has 5 atom stereocenters. The van der Waals surface area contributed by atoms with Crippen molar-refractivity contribution in [3.63, 3.8) is 0 Å². The Hall–Kier alpha value is 1.46. The van der Waals surface area contributed by atoms with Crippen molar-refractivity contribution in [2.75, 3.05) is 0 Å². The van der Waals surface area contributed by atoms with E-state index in [2.05, 4.69) is 20.8 Å². The number of halogens is 2. The van der Waals surface area contributed by atoms with Gasteiger partial charge in [-0.15, -0.1) is 0 Å². The van der Waals surface area contributed by atoms with E-state index < -0.39 is 20.8 Å². The van der Waals surface area contributed by atoms with Crippen LogP contribution in [0.15, 0.2) is 0 Å². The van der Waals surface area contributed by atoms with E-state index in [0.717, 1.165) is 29.6 Å². The van der Waals surface area contributed by atoms with Gasteiger partial charge in [-0.2, -0.15) is 0 Å². The predicted molar refractivity (Wildman–Crippen MR) is 108 cm³/mol. The van der Waals surface area contributed by atoms with E-state index in [0.29, 0.717) is 5.41 Å². The monoisotopic (exact) mass is 452 g/mol. The Balaban J connectivity index is 0.000000988. The van der Waals surface area contributed by atoms with E-state index in [-0.39, 0.29) is 14.9 Å². The Morgan fingerprint density at radius 2 is 1.50 bits per heavy atom. The molecule has 0 spiro atoms. The van der Waals surface area contributed by atoms with Crippen LogP contribution in [0.5, 0.6) is 0 Å². The van der Waals surface area contributed by atoms with Crippen molar-refractivity contribution in [3.8, 4) is 0 Å². The molecular weight excluding hydrogens is 414 g/mol. The molecule has 0 amide bonds. The van der Waals surface area contributed by atoms with Crippen molar-refractivity contribution in [3.05, 3.63) is 14.9 Å². The molecule has 3 rings (SSSR count). The quantitative estimate of drug-likeness (QED) is 0.368. The fourth-order valence-corrected chi connectivity index (χ4v) is 5.65. The molecule has 0 N–H and O–H groups in total. The molecule has 3 aliphatic rings. The average Bonchev–Trinajstić information content (AvgIpc) is 3.08. The third-order valence-corrected chi connectivity index (χ3v) is 6.88. The van der Waals surface area contributed by atoms with Crippen LogP contribution in [0.1, 0.15) is 85.0 Å². The summed E-state index contributed by atoms with van der Waals surface area (Å²) in [4.78, 5) is 0. The summed E-state index contributed by atoms with van der Waals surface area (Å²) in [5.74, 6) is 5.48. The standard InChI is InChI=1S/C19H34.2CH3.2ClH.Zr/c1-19(2,3)17-11-8-14(13-17)12-16-10-9-15-6-4-5-7-18(15)16;;;;;/h14-18H,4-13H2,1-3H3;2*1H3;2*1H;/q;2*-1;;;+4/p-2. The van der Waals surface area contributed by atoms with Gasteiger partial charge in [0.2, 0.25) is 0 Å². The van der Waals surface area contributed by atoms with Gasteiger partial charge in [0.1, 0.15) is 0 Å². The van der Waals surface area contributed by atoms with Crippen LogP contribution in [-0.4, -0.2) is 0 Å². The van der Waals surface area contributed by atoms with E-state index in [4.69, 9.17) is 17.0 Å². The van der Waals surface area contributed by atoms with Crippen LogP contribution >= 0.6 is 17.0 Å². The summed E-state index contributed by atoms with van der Waals surface area (Å²) in [6.45, 7) is 7.35. The van der Waals surface area contributed by atoms with Crippen molar-refractivity contribution in [1.82, 2.24) is 0 Å². The minimum atomic E-state index is -0.826. The summed E-state index contributed by atoms with van der Waals surface area (Å²) in [5, 5.41) is 0. The van der Waals surface area contributed by atoms with Gasteiger partial charge in [-0.1, -0.05) is 46.5 Å². The van der Waals surface area contributed by atoms with Gasteiger partial charge in [0.15, 0.2) is 0 Å². The molecule has 3 heteroatoms. The number of fused-ring (bicyclic) bond motifs is 1. The molecule has 0 aromatic carbocycles. The van der Waals surface area contributed by atoms with E-state index in [9.17, 15) is 0 Å². The van der Waals surface area contributed by atoms with Crippen LogP contribution in [0.4, 0.5) is 0 Å². The molecular formula is C21H40Cl2Zr. The normalized spacial score (nSPS) is 34.8. The fraction of sp³-hybridized carbons (Fsp3) is 0.905. The first-order valence-electron chi connectivity index (χ1n) is 9.42. The van der Waals surface area contributed by atoms with Crippen LogP contribution in [0.3, 0.4) is 0 Å². The van der Waals surface area contributed by atoms with Gasteiger partial charge in [-0.25, -0.2) is 0 Å². The van der Waals surface area contributed by atoms with E-state index >= 15 is 0 Å². The van der Waals surface area contributed by atoms with Gasteiger partial charge in [0.05, 0.1) is 0 Å². The van der Waals surface area contributed by atoms with E-state index in [1.807, 2.05) is 0 Å². The summed E-state index contributed by atoms with van der Waals surface area (Å²) >= 11 is -0.826. The second kappa shape index (κ2) is 12.0. The minimum absolute atomic E-state index is 0. The van der Waals surface area contributed by atoms with Crippen molar-refractivity contribution in [2.45, 2.75) is 85.0 Å². The molecule has 24 heavy (non-hydrogen) atoms.